The normalized spacial score (nSPS) is 11.2. The number of aromatic amines is 1. The molecule has 0 spiro atoms. The summed E-state index contributed by atoms with van der Waals surface area (Å²) in [7, 11) is 0. The zero-order valence-corrected chi connectivity index (χ0v) is 16.8. The number of aromatic nitrogens is 3. The summed E-state index contributed by atoms with van der Waals surface area (Å²) < 4.78 is 1.91. The Labute approximate surface area is 177 Å². The third kappa shape index (κ3) is 3.92. The second kappa shape index (κ2) is 8.10. The van der Waals surface area contributed by atoms with E-state index in [9.17, 15) is 0 Å². The van der Waals surface area contributed by atoms with E-state index in [1.165, 1.54) is 10.2 Å². The molecule has 0 aliphatic heterocycles. The Hall–Kier alpha value is -2.73. The van der Waals surface area contributed by atoms with Crippen LogP contribution in [0.15, 0.2) is 77.9 Å². The first-order chi connectivity index (χ1) is 13.6. The minimum atomic E-state index is 0.373. The number of halogens is 2. The monoisotopic (exact) mass is 424 g/mol. The number of hydrogen-bond acceptors (Lipinski definition) is 3. The largest absolute Gasteiger partial charge is 0.250 e. The van der Waals surface area contributed by atoms with Crippen LogP contribution in [0.2, 0.25) is 10.0 Å². The first-order valence-corrected chi connectivity index (χ1v) is 9.61. The second-order valence-corrected chi connectivity index (χ2v) is 7.25. The molecule has 0 radical (unpaired) electrons. The van der Waals surface area contributed by atoms with Crippen LogP contribution in [0.25, 0.3) is 22.5 Å². The lowest BCUT2D eigenvalue weighted by atomic mass is 10.0. The average molecular weight is 425 g/mol. The Morgan fingerprint density at radius 3 is 2.36 bits per heavy atom. The number of benzene rings is 3. The summed E-state index contributed by atoms with van der Waals surface area (Å²) in [5, 5.41) is 12.5. The minimum Gasteiger partial charge on any atom is -0.250 e. The van der Waals surface area contributed by atoms with Gasteiger partial charge in [-0.1, -0.05) is 77.8 Å². The van der Waals surface area contributed by atoms with Crippen molar-refractivity contribution in [1.29, 1.82) is 0 Å². The molecule has 4 rings (SSSR count). The van der Waals surface area contributed by atoms with Crippen LogP contribution < -0.4 is 0 Å². The zero-order valence-electron chi connectivity index (χ0n) is 14.5. The molecule has 0 atom stereocenters. The molecule has 0 aliphatic carbocycles. The lowest BCUT2D eigenvalue weighted by Crippen LogP contribution is -1.95. The summed E-state index contributed by atoms with van der Waals surface area (Å²) in [5.74, 6) is 0.517. The van der Waals surface area contributed by atoms with Crippen LogP contribution in [0.5, 0.6) is 0 Å². The third-order valence-electron chi connectivity index (χ3n) is 4.16. The van der Waals surface area contributed by atoms with E-state index in [1.807, 2.05) is 30.3 Å². The Balaban J connectivity index is 1.64. The molecule has 0 saturated carbocycles. The average Bonchev–Trinajstić information content (AvgIpc) is 3.08. The maximum Gasteiger partial charge on any atom is 0.216 e. The summed E-state index contributed by atoms with van der Waals surface area (Å²) >= 11 is 17.6. The van der Waals surface area contributed by atoms with E-state index in [0.29, 0.717) is 26.2 Å². The van der Waals surface area contributed by atoms with Gasteiger partial charge in [0.2, 0.25) is 4.77 Å². The van der Waals surface area contributed by atoms with Gasteiger partial charge in [0, 0.05) is 10.6 Å². The number of H-pyrrole nitrogens is 1. The van der Waals surface area contributed by atoms with E-state index in [-0.39, 0.29) is 0 Å². The Kier molecular flexibility index (Phi) is 5.39. The van der Waals surface area contributed by atoms with E-state index in [2.05, 4.69) is 39.6 Å². The van der Waals surface area contributed by atoms with Gasteiger partial charge in [-0.05, 0) is 47.1 Å². The molecule has 0 saturated heterocycles. The number of nitrogens with one attached hydrogen (secondary N) is 1. The quantitative estimate of drug-likeness (QED) is 0.301. The number of hydrogen-bond donors (Lipinski definition) is 1. The van der Waals surface area contributed by atoms with Crippen molar-refractivity contribution in [2.45, 2.75) is 0 Å². The smallest absolute Gasteiger partial charge is 0.216 e. The van der Waals surface area contributed by atoms with E-state index < -0.39 is 0 Å². The fourth-order valence-electron chi connectivity index (χ4n) is 2.76. The highest BCUT2D eigenvalue weighted by Gasteiger charge is 2.12. The van der Waals surface area contributed by atoms with Gasteiger partial charge in [-0.2, -0.15) is 14.9 Å². The van der Waals surface area contributed by atoms with Crippen LogP contribution in [0.1, 0.15) is 5.56 Å². The first kappa shape index (κ1) is 18.6. The molecule has 1 N–H and O–H groups in total. The fraction of sp³-hybridized carbons (Fsp3) is 0. The van der Waals surface area contributed by atoms with Crippen molar-refractivity contribution in [1.82, 2.24) is 14.9 Å². The van der Waals surface area contributed by atoms with E-state index in [0.717, 1.165) is 11.1 Å². The van der Waals surface area contributed by atoms with Gasteiger partial charge >= 0.3 is 0 Å². The van der Waals surface area contributed by atoms with E-state index in [4.69, 9.17) is 35.4 Å². The van der Waals surface area contributed by atoms with Gasteiger partial charge in [0.1, 0.15) is 0 Å². The molecular weight excluding hydrogens is 411 g/mol. The van der Waals surface area contributed by atoms with Gasteiger partial charge in [-0.3, -0.25) is 0 Å². The van der Waals surface area contributed by atoms with Crippen molar-refractivity contribution in [3.05, 3.63) is 93.2 Å². The molecule has 0 fully saturated rings. The van der Waals surface area contributed by atoms with Crippen molar-refractivity contribution >= 4 is 41.6 Å². The van der Waals surface area contributed by atoms with E-state index >= 15 is 0 Å². The van der Waals surface area contributed by atoms with Crippen LogP contribution in [-0.4, -0.2) is 21.1 Å². The molecule has 138 valence electrons. The van der Waals surface area contributed by atoms with Crippen molar-refractivity contribution in [3.8, 4) is 22.5 Å². The maximum absolute atomic E-state index is 6.30. The molecule has 0 aliphatic rings. The van der Waals surface area contributed by atoms with Crippen LogP contribution in [0.4, 0.5) is 0 Å². The van der Waals surface area contributed by atoms with Gasteiger partial charge < -0.3 is 0 Å². The van der Waals surface area contributed by atoms with Crippen LogP contribution >= 0.6 is 35.4 Å². The fourth-order valence-corrected chi connectivity index (χ4v) is 3.43. The van der Waals surface area contributed by atoms with Gasteiger partial charge in [-0.25, -0.2) is 5.10 Å². The van der Waals surface area contributed by atoms with Crippen LogP contribution in [0.3, 0.4) is 0 Å². The second-order valence-electron chi connectivity index (χ2n) is 6.02. The van der Waals surface area contributed by atoms with Crippen LogP contribution in [-0.2, 0) is 0 Å². The van der Waals surface area contributed by atoms with Crippen LogP contribution in [0, 0.1) is 4.77 Å². The summed E-state index contributed by atoms with van der Waals surface area (Å²) in [4.78, 5) is 0. The maximum atomic E-state index is 6.30. The first-order valence-electron chi connectivity index (χ1n) is 8.44. The van der Waals surface area contributed by atoms with Gasteiger partial charge in [0.25, 0.3) is 0 Å². The highest BCUT2D eigenvalue weighted by Crippen LogP contribution is 2.29. The standard InChI is InChI=1S/C21H14Cl2N4S/c22-17-10-11-18(19(23)12-17)20-25-26-21(28)27(20)24-13-14-6-8-16(9-7-14)15-4-2-1-3-5-15/h1-13H,(H,26,28)/b24-13-. The summed E-state index contributed by atoms with van der Waals surface area (Å²) in [5.41, 5.74) is 3.94. The Morgan fingerprint density at radius 1 is 0.929 bits per heavy atom. The Morgan fingerprint density at radius 2 is 1.64 bits per heavy atom. The summed E-state index contributed by atoms with van der Waals surface area (Å²) in [6.45, 7) is 0. The van der Waals surface area contributed by atoms with Gasteiger partial charge in [-0.15, -0.1) is 0 Å². The highest BCUT2D eigenvalue weighted by molar-refractivity contribution is 7.71. The third-order valence-corrected chi connectivity index (χ3v) is 4.97. The van der Waals surface area contributed by atoms with Crippen molar-refractivity contribution in [2.75, 3.05) is 0 Å². The molecular formula is C21H14Cl2N4S. The summed E-state index contributed by atoms with van der Waals surface area (Å²) in [6.07, 6.45) is 1.73. The predicted molar refractivity (Wildman–Crippen MR) is 118 cm³/mol. The predicted octanol–water partition coefficient (Wildman–Crippen LogP) is 6.46. The SMILES string of the molecule is S=c1[nH]nc(-c2ccc(Cl)cc2Cl)n1/N=C\c1ccc(-c2ccccc2)cc1. The molecule has 7 heteroatoms. The lowest BCUT2D eigenvalue weighted by Gasteiger charge is -2.04. The highest BCUT2D eigenvalue weighted by atomic mass is 35.5. The van der Waals surface area contributed by atoms with Crippen molar-refractivity contribution in [2.24, 2.45) is 5.10 Å². The van der Waals surface area contributed by atoms with Gasteiger partial charge in [0.15, 0.2) is 5.82 Å². The molecule has 3 aromatic carbocycles. The molecule has 1 aromatic heterocycles. The molecule has 0 bridgehead atoms. The number of rotatable bonds is 4. The lowest BCUT2D eigenvalue weighted by molar-refractivity contribution is 0.871. The van der Waals surface area contributed by atoms with E-state index in [1.54, 1.807) is 24.4 Å². The summed E-state index contributed by atoms with van der Waals surface area (Å²) in [6, 6.07) is 23.5. The molecule has 0 amide bonds. The molecule has 0 unspecified atom stereocenters. The zero-order chi connectivity index (χ0) is 19.5. The molecule has 1 heterocycles. The Bertz CT molecular complexity index is 1200. The molecule has 28 heavy (non-hydrogen) atoms. The minimum absolute atomic E-state index is 0.373. The molecule has 4 nitrogen and oxygen atoms in total. The van der Waals surface area contributed by atoms with Crippen molar-refractivity contribution < 1.29 is 0 Å². The molecule has 4 aromatic rings. The topological polar surface area (TPSA) is 46.0 Å². The number of nitrogens with zero attached hydrogens (tertiary/aromatic N) is 3. The van der Waals surface area contributed by atoms with Gasteiger partial charge in [0.05, 0.1) is 11.2 Å². The van der Waals surface area contributed by atoms with Crippen molar-refractivity contribution in [3.63, 3.8) is 0 Å².